The van der Waals surface area contributed by atoms with Crippen molar-refractivity contribution in [3.63, 3.8) is 0 Å². The highest BCUT2D eigenvalue weighted by atomic mass is 16.5. The Morgan fingerprint density at radius 3 is 2.58 bits per heavy atom. The predicted octanol–water partition coefficient (Wildman–Crippen LogP) is 0.468. The third kappa shape index (κ3) is 7.12. The summed E-state index contributed by atoms with van der Waals surface area (Å²) in [6.45, 7) is 5.50. The summed E-state index contributed by atoms with van der Waals surface area (Å²) in [6, 6.07) is 0. The van der Waals surface area contributed by atoms with Crippen molar-refractivity contribution in [2.24, 2.45) is 0 Å². The van der Waals surface area contributed by atoms with Crippen LogP contribution in [-0.4, -0.2) is 60.8 Å². The Hall–Kier alpha value is -1.14. The van der Waals surface area contributed by atoms with E-state index in [1.807, 2.05) is 6.92 Å². The van der Waals surface area contributed by atoms with Crippen LogP contribution in [0.4, 0.5) is 0 Å². The van der Waals surface area contributed by atoms with Crippen LogP contribution in [0.15, 0.2) is 0 Å². The number of rotatable bonds is 8. The number of nitrogens with zero attached hydrogens (tertiary/aromatic N) is 1. The van der Waals surface area contributed by atoms with E-state index in [1.54, 1.807) is 0 Å². The molecular formula is C13H24N2O4. The summed E-state index contributed by atoms with van der Waals surface area (Å²) in [5.74, 6) is -0.721. The number of carbonyl (C=O) groups excluding carboxylic acids is 1. The van der Waals surface area contributed by atoms with Crippen molar-refractivity contribution in [1.29, 1.82) is 0 Å². The molecule has 6 nitrogen and oxygen atoms in total. The Kier molecular flexibility index (Phi) is 7.43. The van der Waals surface area contributed by atoms with E-state index in [0.29, 0.717) is 19.6 Å². The number of ether oxygens (including phenoxy) is 1. The normalized spacial score (nSPS) is 17.3. The molecule has 6 heteroatoms. The smallest absolute Gasteiger partial charge is 0.305 e. The minimum atomic E-state index is -0.820. The maximum absolute atomic E-state index is 11.3. The lowest BCUT2D eigenvalue weighted by molar-refractivity contribution is -0.138. The Morgan fingerprint density at radius 2 is 2.00 bits per heavy atom. The van der Waals surface area contributed by atoms with Gasteiger partial charge in [0.1, 0.15) is 0 Å². The first-order valence-electron chi connectivity index (χ1n) is 6.94. The van der Waals surface area contributed by atoms with E-state index in [4.69, 9.17) is 9.84 Å². The number of nitrogens with one attached hydrogen (secondary N) is 1. The van der Waals surface area contributed by atoms with Gasteiger partial charge in [-0.1, -0.05) is 0 Å². The van der Waals surface area contributed by atoms with E-state index in [2.05, 4.69) is 10.2 Å². The zero-order valence-corrected chi connectivity index (χ0v) is 11.6. The lowest BCUT2D eigenvalue weighted by Crippen LogP contribution is -2.39. The average Bonchev–Trinajstić information content (AvgIpc) is 2.38. The topological polar surface area (TPSA) is 78.9 Å². The van der Waals surface area contributed by atoms with Crippen LogP contribution in [-0.2, 0) is 14.3 Å². The molecule has 0 atom stereocenters. The quantitative estimate of drug-likeness (QED) is 0.671. The number of amides is 1. The van der Waals surface area contributed by atoms with Gasteiger partial charge >= 0.3 is 5.97 Å². The van der Waals surface area contributed by atoms with Gasteiger partial charge in [-0.15, -0.1) is 0 Å². The van der Waals surface area contributed by atoms with E-state index >= 15 is 0 Å². The number of carboxylic acid groups (broad SMARTS) is 1. The van der Waals surface area contributed by atoms with Crippen molar-refractivity contribution in [3.05, 3.63) is 0 Å². The Bertz CT molecular complexity index is 288. The molecular weight excluding hydrogens is 248 g/mol. The monoisotopic (exact) mass is 272 g/mol. The van der Waals surface area contributed by atoms with Crippen molar-refractivity contribution in [1.82, 2.24) is 10.2 Å². The van der Waals surface area contributed by atoms with Gasteiger partial charge in [-0.3, -0.25) is 9.59 Å². The fourth-order valence-electron chi connectivity index (χ4n) is 2.16. The minimum absolute atomic E-state index is 0.0669. The molecule has 1 rings (SSSR count). The maximum Gasteiger partial charge on any atom is 0.305 e. The first-order valence-corrected chi connectivity index (χ1v) is 6.94. The first kappa shape index (κ1) is 15.9. The van der Waals surface area contributed by atoms with Crippen LogP contribution in [0.2, 0.25) is 0 Å². The Balaban J connectivity index is 2.08. The predicted molar refractivity (Wildman–Crippen MR) is 71.0 cm³/mol. The SMILES string of the molecule is CCNC(=O)CCN1CCC(OCCC(=O)O)CC1. The van der Waals surface area contributed by atoms with Crippen molar-refractivity contribution in [3.8, 4) is 0 Å². The Labute approximate surface area is 114 Å². The molecule has 0 bridgehead atoms. The average molecular weight is 272 g/mol. The van der Waals surface area contributed by atoms with Crippen molar-refractivity contribution < 1.29 is 19.4 Å². The van der Waals surface area contributed by atoms with Gasteiger partial charge in [0, 0.05) is 32.6 Å². The fraction of sp³-hybridized carbons (Fsp3) is 0.846. The van der Waals surface area contributed by atoms with E-state index in [9.17, 15) is 9.59 Å². The summed E-state index contributed by atoms with van der Waals surface area (Å²) in [4.78, 5) is 24.0. The summed E-state index contributed by atoms with van der Waals surface area (Å²) in [5.41, 5.74) is 0. The molecule has 1 fully saturated rings. The van der Waals surface area contributed by atoms with Crippen LogP contribution < -0.4 is 5.32 Å². The van der Waals surface area contributed by atoms with Gasteiger partial charge in [-0.2, -0.15) is 0 Å². The van der Waals surface area contributed by atoms with Gasteiger partial charge in [-0.05, 0) is 19.8 Å². The highest BCUT2D eigenvalue weighted by molar-refractivity contribution is 5.75. The van der Waals surface area contributed by atoms with Crippen LogP contribution in [0.1, 0.15) is 32.6 Å². The summed E-state index contributed by atoms with van der Waals surface area (Å²) < 4.78 is 5.52. The molecule has 1 aliphatic rings. The largest absolute Gasteiger partial charge is 0.481 e. The zero-order valence-electron chi connectivity index (χ0n) is 11.6. The highest BCUT2D eigenvalue weighted by Gasteiger charge is 2.20. The van der Waals surface area contributed by atoms with Gasteiger partial charge in [0.25, 0.3) is 0 Å². The van der Waals surface area contributed by atoms with Crippen LogP contribution >= 0.6 is 0 Å². The van der Waals surface area contributed by atoms with Gasteiger partial charge < -0.3 is 20.1 Å². The molecule has 0 spiro atoms. The number of piperidine rings is 1. The van der Waals surface area contributed by atoms with Gasteiger partial charge in [0.05, 0.1) is 19.1 Å². The molecule has 110 valence electrons. The second-order valence-electron chi connectivity index (χ2n) is 4.76. The summed E-state index contributed by atoms with van der Waals surface area (Å²) >= 11 is 0. The molecule has 0 aromatic heterocycles. The van der Waals surface area contributed by atoms with Crippen molar-refractivity contribution in [2.45, 2.75) is 38.7 Å². The third-order valence-corrected chi connectivity index (χ3v) is 3.23. The standard InChI is InChI=1S/C13H24N2O4/c1-2-14-12(16)5-9-15-7-3-11(4-8-15)19-10-6-13(17)18/h11H,2-10H2,1H3,(H,14,16)(H,17,18). The van der Waals surface area contributed by atoms with E-state index in [0.717, 1.165) is 32.5 Å². The lowest BCUT2D eigenvalue weighted by atomic mass is 10.1. The summed E-state index contributed by atoms with van der Waals surface area (Å²) in [7, 11) is 0. The highest BCUT2D eigenvalue weighted by Crippen LogP contribution is 2.14. The molecule has 1 heterocycles. The van der Waals surface area contributed by atoms with Crippen LogP contribution in [0, 0.1) is 0 Å². The number of carboxylic acids is 1. The van der Waals surface area contributed by atoms with E-state index in [-0.39, 0.29) is 18.4 Å². The number of carbonyl (C=O) groups is 2. The molecule has 1 amide bonds. The zero-order chi connectivity index (χ0) is 14.1. The molecule has 0 radical (unpaired) electrons. The van der Waals surface area contributed by atoms with E-state index in [1.165, 1.54) is 0 Å². The molecule has 0 aliphatic carbocycles. The van der Waals surface area contributed by atoms with Crippen LogP contribution in [0.5, 0.6) is 0 Å². The number of likely N-dealkylation sites (tertiary alicyclic amines) is 1. The van der Waals surface area contributed by atoms with Crippen LogP contribution in [0.3, 0.4) is 0 Å². The summed E-state index contributed by atoms with van der Waals surface area (Å²) in [5, 5.41) is 11.3. The maximum atomic E-state index is 11.3. The second-order valence-corrected chi connectivity index (χ2v) is 4.76. The number of hydrogen-bond donors (Lipinski definition) is 2. The molecule has 0 aromatic rings. The lowest BCUT2D eigenvalue weighted by Gasteiger charge is -2.31. The molecule has 0 unspecified atom stereocenters. The third-order valence-electron chi connectivity index (χ3n) is 3.23. The molecule has 1 aliphatic heterocycles. The van der Waals surface area contributed by atoms with Crippen molar-refractivity contribution >= 4 is 11.9 Å². The van der Waals surface area contributed by atoms with E-state index < -0.39 is 5.97 Å². The molecule has 19 heavy (non-hydrogen) atoms. The second kappa shape index (κ2) is 8.87. The Morgan fingerprint density at radius 1 is 1.32 bits per heavy atom. The van der Waals surface area contributed by atoms with Gasteiger partial charge in [0.2, 0.25) is 5.91 Å². The molecule has 0 saturated carbocycles. The molecule has 2 N–H and O–H groups in total. The number of aliphatic carboxylic acids is 1. The van der Waals surface area contributed by atoms with Gasteiger partial charge in [0.15, 0.2) is 0 Å². The number of hydrogen-bond acceptors (Lipinski definition) is 4. The van der Waals surface area contributed by atoms with Crippen molar-refractivity contribution in [2.75, 3.05) is 32.8 Å². The molecule has 1 saturated heterocycles. The summed E-state index contributed by atoms with van der Waals surface area (Å²) in [6.07, 6.45) is 2.60. The van der Waals surface area contributed by atoms with Crippen LogP contribution in [0.25, 0.3) is 0 Å². The van der Waals surface area contributed by atoms with Gasteiger partial charge in [-0.25, -0.2) is 0 Å². The minimum Gasteiger partial charge on any atom is -0.481 e. The first-order chi connectivity index (χ1) is 9.11. The fourth-order valence-corrected chi connectivity index (χ4v) is 2.16. The molecule has 0 aromatic carbocycles.